The lowest BCUT2D eigenvalue weighted by Crippen LogP contribution is -2.30. The summed E-state index contributed by atoms with van der Waals surface area (Å²) in [5.41, 5.74) is 3.80. The van der Waals surface area contributed by atoms with E-state index in [1.165, 1.54) is 17.5 Å². The van der Waals surface area contributed by atoms with Crippen molar-refractivity contribution in [1.29, 1.82) is 0 Å². The van der Waals surface area contributed by atoms with Crippen LogP contribution in [0.4, 0.5) is 11.5 Å². The summed E-state index contributed by atoms with van der Waals surface area (Å²) in [5.74, 6) is 0.659. The molecule has 1 aromatic heterocycles. The van der Waals surface area contributed by atoms with Crippen LogP contribution in [0.1, 0.15) is 21.6 Å². The zero-order chi connectivity index (χ0) is 17.9. The van der Waals surface area contributed by atoms with E-state index in [4.69, 9.17) is 0 Å². The predicted octanol–water partition coefficient (Wildman–Crippen LogP) is 3.32. The number of rotatable bonds is 4. The molecule has 2 aromatic carbocycles. The van der Waals surface area contributed by atoms with E-state index >= 15 is 0 Å². The van der Waals surface area contributed by atoms with Gasteiger partial charge >= 0.3 is 0 Å². The fourth-order valence-electron chi connectivity index (χ4n) is 3.30. The van der Waals surface area contributed by atoms with Gasteiger partial charge in [0, 0.05) is 31.9 Å². The lowest BCUT2D eigenvalue weighted by Gasteiger charge is -2.20. The number of fused-ring (bicyclic) bond motifs is 1. The lowest BCUT2D eigenvalue weighted by molar-refractivity contribution is 0.0984. The smallest absolute Gasteiger partial charge is 0.277 e. The second-order valence-electron chi connectivity index (χ2n) is 6.44. The Morgan fingerprint density at radius 1 is 1.08 bits per heavy atom. The van der Waals surface area contributed by atoms with Crippen molar-refractivity contribution in [3.8, 4) is 0 Å². The highest BCUT2D eigenvalue weighted by Gasteiger charge is 2.26. The molecular weight excluding hydrogens is 324 g/mol. The summed E-state index contributed by atoms with van der Waals surface area (Å²) in [6.45, 7) is 1.41. The zero-order valence-electron chi connectivity index (χ0n) is 14.7. The highest BCUT2D eigenvalue weighted by Crippen LogP contribution is 2.28. The number of anilines is 2. The van der Waals surface area contributed by atoms with Crippen LogP contribution in [0, 0.1) is 0 Å². The Kier molecular flexibility index (Phi) is 4.35. The van der Waals surface area contributed by atoms with E-state index < -0.39 is 0 Å². The van der Waals surface area contributed by atoms with Gasteiger partial charge in [-0.15, -0.1) is 0 Å². The van der Waals surface area contributed by atoms with Crippen molar-refractivity contribution in [2.45, 2.75) is 13.0 Å². The Bertz CT molecular complexity index is 926. The lowest BCUT2D eigenvalue weighted by atomic mass is 10.2. The number of benzene rings is 2. The second-order valence-corrected chi connectivity index (χ2v) is 6.44. The van der Waals surface area contributed by atoms with Gasteiger partial charge < -0.3 is 9.80 Å². The fraction of sp³-hybridized carbons (Fsp3) is 0.190. The van der Waals surface area contributed by atoms with Gasteiger partial charge in [0.25, 0.3) is 5.91 Å². The minimum atomic E-state index is -0.0771. The summed E-state index contributed by atoms with van der Waals surface area (Å²) in [5, 5.41) is 0. The van der Waals surface area contributed by atoms with Gasteiger partial charge in [-0.25, -0.2) is 9.97 Å². The minimum absolute atomic E-state index is 0.0771. The SMILES string of the molecule is CN(Cc1ccccc1)c1cc(C(=O)N2CCc3ccccc32)ncn1. The van der Waals surface area contributed by atoms with Crippen LogP contribution in [0.3, 0.4) is 0 Å². The molecule has 3 aromatic rings. The molecule has 4 rings (SSSR count). The maximum Gasteiger partial charge on any atom is 0.277 e. The third-order valence-corrected chi connectivity index (χ3v) is 4.66. The van der Waals surface area contributed by atoms with E-state index in [0.29, 0.717) is 12.2 Å². The predicted molar refractivity (Wildman–Crippen MR) is 102 cm³/mol. The van der Waals surface area contributed by atoms with Gasteiger partial charge in [0.1, 0.15) is 17.8 Å². The molecule has 1 amide bonds. The first kappa shape index (κ1) is 16.3. The Hall–Kier alpha value is -3.21. The second kappa shape index (κ2) is 6.96. The van der Waals surface area contributed by atoms with Gasteiger partial charge in [0.05, 0.1) is 0 Å². The van der Waals surface area contributed by atoms with E-state index in [2.05, 4.69) is 28.2 Å². The molecule has 0 bridgehead atoms. The molecule has 0 unspecified atom stereocenters. The number of hydrogen-bond donors (Lipinski definition) is 0. The maximum atomic E-state index is 13.0. The van der Waals surface area contributed by atoms with Crippen LogP contribution in [-0.2, 0) is 13.0 Å². The third kappa shape index (κ3) is 3.16. The van der Waals surface area contributed by atoms with E-state index in [0.717, 1.165) is 24.5 Å². The quantitative estimate of drug-likeness (QED) is 0.728. The first-order chi connectivity index (χ1) is 12.7. The van der Waals surface area contributed by atoms with Gasteiger partial charge in [-0.1, -0.05) is 48.5 Å². The van der Waals surface area contributed by atoms with Crippen molar-refractivity contribution in [2.75, 3.05) is 23.4 Å². The third-order valence-electron chi connectivity index (χ3n) is 4.66. The molecule has 26 heavy (non-hydrogen) atoms. The van der Waals surface area contributed by atoms with Crippen molar-refractivity contribution < 1.29 is 4.79 Å². The molecule has 0 fully saturated rings. The molecule has 0 spiro atoms. The number of nitrogens with zero attached hydrogens (tertiary/aromatic N) is 4. The highest BCUT2D eigenvalue weighted by molar-refractivity contribution is 6.06. The summed E-state index contributed by atoms with van der Waals surface area (Å²) in [6.07, 6.45) is 2.35. The molecule has 0 N–H and O–H groups in total. The summed E-state index contributed by atoms with van der Waals surface area (Å²) in [7, 11) is 1.97. The van der Waals surface area contributed by atoms with E-state index in [9.17, 15) is 4.79 Å². The maximum absolute atomic E-state index is 13.0. The van der Waals surface area contributed by atoms with E-state index in [-0.39, 0.29) is 5.91 Å². The first-order valence-corrected chi connectivity index (χ1v) is 8.69. The van der Waals surface area contributed by atoms with Crippen molar-refractivity contribution in [2.24, 2.45) is 0 Å². The first-order valence-electron chi connectivity index (χ1n) is 8.69. The standard InChI is InChI=1S/C21H20N4O/c1-24(14-16-7-3-2-4-8-16)20-13-18(22-15-23-20)21(26)25-12-11-17-9-5-6-10-19(17)25/h2-10,13,15H,11-12,14H2,1H3. The Morgan fingerprint density at radius 2 is 1.85 bits per heavy atom. The van der Waals surface area contributed by atoms with Crippen molar-refractivity contribution >= 4 is 17.4 Å². The molecule has 0 radical (unpaired) electrons. The molecule has 0 saturated heterocycles. The average molecular weight is 344 g/mol. The Balaban J connectivity index is 1.55. The van der Waals surface area contributed by atoms with Crippen LogP contribution in [-0.4, -0.2) is 29.5 Å². The minimum Gasteiger partial charge on any atom is -0.355 e. The molecule has 0 aliphatic carbocycles. The van der Waals surface area contributed by atoms with E-state index in [1.807, 2.05) is 48.3 Å². The molecule has 2 heterocycles. The van der Waals surface area contributed by atoms with Gasteiger partial charge in [0.2, 0.25) is 0 Å². The van der Waals surface area contributed by atoms with Crippen LogP contribution in [0.15, 0.2) is 67.0 Å². The van der Waals surface area contributed by atoms with Gasteiger partial charge in [0.15, 0.2) is 0 Å². The summed E-state index contributed by atoms with van der Waals surface area (Å²) in [4.78, 5) is 25.3. The molecule has 1 aliphatic heterocycles. The fourth-order valence-corrected chi connectivity index (χ4v) is 3.30. The van der Waals surface area contributed by atoms with Gasteiger partial charge in [-0.2, -0.15) is 0 Å². The van der Waals surface area contributed by atoms with Crippen LogP contribution in [0.25, 0.3) is 0 Å². The van der Waals surface area contributed by atoms with Crippen LogP contribution >= 0.6 is 0 Å². The van der Waals surface area contributed by atoms with E-state index in [1.54, 1.807) is 11.0 Å². The normalized spacial score (nSPS) is 12.7. The molecule has 130 valence electrons. The topological polar surface area (TPSA) is 49.3 Å². The van der Waals surface area contributed by atoms with Crippen LogP contribution in [0.5, 0.6) is 0 Å². The van der Waals surface area contributed by atoms with Crippen molar-refractivity contribution in [1.82, 2.24) is 9.97 Å². The Labute approximate surface area is 152 Å². The molecule has 0 saturated carbocycles. The van der Waals surface area contributed by atoms with Gasteiger partial charge in [-0.3, -0.25) is 4.79 Å². The molecule has 5 nitrogen and oxygen atoms in total. The molecular formula is C21H20N4O. The molecule has 1 aliphatic rings. The van der Waals surface area contributed by atoms with Crippen LogP contribution < -0.4 is 9.80 Å². The number of carbonyl (C=O) groups is 1. The largest absolute Gasteiger partial charge is 0.355 e. The monoisotopic (exact) mass is 344 g/mol. The molecule has 0 atom stereocenters. The number of para-hydroxylation sites is 1. The average Bonchev–Trinajstić information content (AvgIpc) is 3.12. The summed E-state index contributed by atoms with van der Waals surface area (Å²) in [6, 6.07) is 20.0. The highest BCUT2D eigenvalue weighted by atomic mass is 16.2. The number of carbonyl (C=O) groups excluding carboxylic acids is 1. The van der Waals surface area contributed by atoms with Crippen molar-refractivity contribution in [3.63, 3.8) is 0 Å². The number of hydrogen-bond acceptors (Lipinski definition) is 4. The van der Waals surface area contributed by atoms with Gasteiger partial charge in [-0.05, 0) is 23.6 Å². The van der Waals surface area contributed by atoms with Crippen LogP contribution in [0.2, 0.25) is 0 Å². The molecule has 5 heteroatoms. The summed E-state index contributed by atoms with van der Waals surface area (Å²) < 4.78 is 0. The summed E-state index contributed by atoms with van der Waals surface area (Å²) >= 11 is 0. The Morgan fingerprint density at radius 3 is 2.69 bits per heavy atom. The number of amides is 1. The van der Waals surface area contributed by atoms with Crippen molar-refractivity contribution in [3.05, 3.63) is 83.8 Å². The zero-order valence-corrected chi connectivity index (χ0v) is 14.7. The number of aromatic nitrogens is 2.